The molecule has 0 saturated carbocycles. The van der Waals surface area contributed by atoms with Gasteiger partial charge in [-0.2, -0.15) is 0 Å². The maximum absolute atomic E-state index is 13.1. The molecule has 29 heavy (non-hydrogen) atoms. The number of nitrogens with zero attached hydrogens (tertiary/aromatic N) is 1. The number of carbonyl (C=O) groups is 1. The molecule has 0 aliphatic carbocycles. The summed E-state index contributed by atoms with van der Waals surface area (Å²) in [4.78, 5) is 13.1. The quantitative estimate of drug-likeness (QED) is 0.668. The van der Waals surface area contributed by atoms with E-state index in [-0.39, 0.29) is 6.42 Å². The Kier molecular flexibility index (Phi) is 7.33. The highest BCUT2D eigenvalue weighted by Crippen LogP contribution is 2.30. The van der Waals surface area contributed by atoms with E-state index in [0.717, 1.165) is 10.6 Å². The first-order chi connectivity index (χ1) is 13.7. The topological polar surface area (TPSA) is 94.2 Å². The van der Waals surface area contributed by atoms with Gasteiger partial charge in [-0.15, -0.1) is 0 Å². The van der Waals surface area contributed by atoms with Crippen LogP contribution in [0.3, 0.4) is 0 Å². The zero-order valence-corrected chi connectivity index (χ0v) is 17.9. The van der Waals surface area contributed by atoms with Crippen molar-refractivity contribution in [2.45, 2.75) is 19.4 Å². The van der Waals surface area contributed by atoms with E-state index < -0.39 is 22.0 Å². The number of sulfonamides is 1. The minimum atomic E-state index is -3.74. The lowest BCUT2D eigenvalue weighted by Crippen LogP contribution is -2.47. The van der Waals surface area contributed by atoms with Crippen molar-refractivity contribution < 1.29 is 27.4 Å². The number of methoxy groups -OCH3 is 3. The molecule has 1 N–H and O–H groups in total. The molecule has 0 aliphatic rings. The van der Waals surface area contributed by atoms with Crippen LogP contribution in [0.4, 0.5) is 11.4 Å². The summed E-state index contributed by atoms with van der Waals surface area (Å²) in [5.41, 5.74) is 0.756. The first kappa shape index (κ1) is 22.4. The van der Waals surface area contributed by atoms with E-state index in [2.05, 4.69) is 5.32 Å². The highest BCUT2D eigenvalue weighted by atomic mass is 32.2. The largest absolute Gasteiger partial charge is 0.497 e. The van der Waals surface area contributed by atoms with Crippen LogP contribution in [-0.2, 0) is 14.8 Å². The second-order valence-electron chi connectivity index (χ2n) is 6.24. The molecule has 0 saturated heterocycles. The first-order valence-electron chi connectivity index (χ1n) is 8.91. The van der Waals surface area contributed by atoms with Crippen LogP contribution >= 0.6 is 0 Å². The number of benzene rings is 2. The average molecular weight is 423 g/mol. The molecule has 0 aliphatic heterocycles. The van der Waals surface area contributed by atoms with E-state index in [9.17, 15) is 13.2 Å². The maximum Gasteiger partial charge on any atom is 0.248 e. The molecule has 1 amide bonds. The van der Waals surface area contributed by atoms with Gasteiger partial charge in [0.25, 0.3) is 0 Å². The molecule has 0 radical (unpaired) electrons. The van der Waals surface area contributed by atoms with Crippen molar-refractivity contribution in [1.29, 1.82) is 0 Å². The molecule has 0 heterocycles. The molecule has 0 fully saturated rings. The fourth-order valence-electron chi connectivity index (χ4n) is 2.92. The Balaban J connectivity index is 2.41. The molecule has 0 bridgehead atoms. The van der Waals surface area contributed by atoms with Crippen LogP contribution in [-0.4, -0.2) is 48.0 Å². The van der Waals surface area contributed by atoms with Crippen molar-refractivity contribution >= 4 is 27.3 Å². The molecule has 9 heteroatoms. The molecule has 2 aromatic carbocycles. The minimum Gasteiger partial charge on any atom is -0.497 e. The van der Waals surface area contributed by atoms with E-state index in [0.29, 0.717) is 28.6 Å². The third-order valence-corrected chi connectivity index (χ3v) is 5.50. The summed E-state index contributed by atoms with van der Waals surface area (Å²) in [6.45, 7) is 1.74. The highest BCUT2D eigenvalue weighted by molar-refractivity contribution is 7.92. The predicted molar refractivity (Wildman–Crippen MR) is 113 cm³/mol. The van der Waals surface area contributed by atoms with Gasteiger partial charge in [0.15, 0.2) is 0 Å². The second kappa shape index (κ2) is 9.51. The van der Waals surface area contributed by atoms with E-state index in [1.807, 2.05) is 0 Å². The van der Waals surface area contributed by atoms with E-state index in [1.54, 1.807) is 49.4 Å². The molecule has 2 rings (SSSR count). The summed E-state index contributed by atoms with van der Waals surface area (Å²) in [6.07, 6.45) is 1.33. The van der Waals surface area contributed by atoms with E-state index in [4.69, 9.17) is 14.2 Å². The summed E-state index contributed by atoms with van der Waals surface area (Å²) < 4.78 is 41.8. The van der Waals surface area contributed by atoms with Crippen molar-refractivity contribution in [3.8, 4) is 17.2 Å². The van der Waals surface area contributed by atoms with Crippen LogP contribution in [0.1, 0.15) is 13.3 Å². The van der Waals surface area contributed by atoms with Crippen molar-refractivity contribution in [1.82, 2.24) is 0 Å². The average Bonchev–Trinajstić information content (AvgIpc) is 2.70. The third-order valence-electron chi connectivity index (χ3n) is 4.32. The van der Waals surface area contributed by atoms with Crippen LogP contribution in [0.25, 0.3) is 0 Å². The zero-order chi connectivity index (χ0) is 21.6. The number of ether oxygens (including phenoxy) is 3. The summed E-state index contributed by atoms with van der Waals surface area (Å²) in [5, 5.41) is 2.76. The Hall–Kier alpha value is -2.94. The van der Waals surface area contributed by atoms with Gasteiger partial charge < -0.3 is 19.5 Å². The van der Waals surface area contributed by atoms with Gasteiger partial charge in [0.05, 0.1) is 39.0 Å². The number of nitrogens with one attached hydrogen (secondary N) is 1. The fraction of sp³-hybridized carbons (Fsp3) is 0.350. The van der Waals surface area contributed by atoms with Crippen LogP contribution < -0.4 is 23.8 Å². The molecule has 1 atom stereocenters. The van der Waals surface area contributed by atoms with Gasteiger partial charge in [-0.3, -0.25) is 9.10 Å². The normalized spacial score (nSPS) is 12.0. The Morgan fingerprint density at radius 2 is 1.59 bits per heavy atom. The van der Waals surface area contributed by atoms with Gasteiger partial charge in [0.1, 0.15) is 23.3 Å². The lowest BCUT2D eigenvalue weighted by molar-refractivity contribution is -0.117. The monoisotopic (exact) mass is 422 g/mol. The van der Waals surface area contributed by atoms with Gasteiger partial charge in [-0.1, -0.05) is 6.92 Å². The molecule has 8 nitrogen and oxygen atoms in total. The lowest BCUT2D eigenvalue weighted by Gasteiger charge is -2.30. The van der Waals surface area contributed by atoms with E-state index >= 15 is 0 Å². The summed E-state index contributed by atoms with van der Waals surface area (Å²) in [7, 11) is 0.774. The SMILES string of the molecule is CC[C@H](C(=O)Nc1cc(OC)ccc1OC)N(c1ccc(OC)cc1)S(C)(=O)=O. The van der Waals surface area contributed by atoms with Gasteiger partial charge in [-0.25, -0.2) is 8.42 Å². The van der Waals surface area contributed by atoms with Crippen LogP contribution in [0, 0.1) is 0 Å². The third kappa shape index (κ3) is 5.32. The van der Waals surface area contributed by atoms with E-state index in [1.165, 1.54) is 21.3 Å². The molecule has 0 aromatic heterocycles. The van der Waals surface area contributed by atoms with Crippen molar-refractivity contribution in [2.75, 3.05) is 37.2 Å². The Bertz CT molecular complexity index is 944. The minimum absolute atomic E-state index is 0.261. The Morgan fingerprint density at radius 3 is 2.07 bits per heavy atom. The first-order valence-corrected chi connectivity index (χ1v) is 10.8. The zero-order valence-electron chi connectivity index (χ0n) is 17.1. The lowest BCUT2D eigenvalue weighted by atomic mass is 10.1. The van der Waals surface area contributed by atoms with Crippen LogP contribution in [0.5, 0.6) is 17.2 Å². The standard InChI is InChI=1S/C20H26N2O6S/c1-6-18(20(23)21-17-13-16(27-3)11-12-19(17)28-4)22(29(5,24)25)14-7-9-15(26-2)10-8-14/h7-13,18H,6H2,1-5H3,(H,21,23)/t18-/m1/s1. The number of hydrogen-bond acceptors (Lipinski definition) is 6. The molecule has 2 aromatic rings. The van der Waals surface area contributed by atoms with Crippen LogP contribution in [0.15, 0.2) is 42.5 Å². The Morgan fingerprint density at radius 1 is 1.00 bits per heavy atom. The van der Waals surface area contributed by atoms with Crippen molar-refractivity contribution in [3.63, 3.8) is 0 Å². The summed E-state index contributed by atoms with van der Waals surface area (Å²) in [6, 6.07) is 10.5. The van der Waals surface area contributed by atoms with Crippen molar-refractivity contribution in [3.05, 3.63) is 42.5 Å². The van der Waals surface area contributed by atoms with Gasteiger partial charge in [0, 0.05) is 6.07 Å². The second-order valence-corrected chi connectivity index (χ2v) is 8.10. The number of amides is 1. The summed E-state index contributed by atoms with van der Waals surface area (Å²) in [5.74, 6) is 1.06. The molecule has 0 spiro atoms. The number of hydrogen-bond donors (Lipinski definition) is 1. The van der Waals surface area contributed by atoms with Gasteiger partial charge in [0.2, 0.25) is 15.9 Å². The fourth-order valence-corrected chi connectivity index (χ4v) is 4.13. The molecular formula is C20H26N2O6S. The molecule has 0 unspecified atom stereocenters. The van der Waals surface area contributed by atoms with Crippen molar-refractivity contribution in [2.24, 2.45) is 0 Å². The predicted octanol–water partition coefficient (Wildman–Crippen LogP) is 2.90. The number of anilines is 2. The number of carbonyl (C=O) groups excluding carboxylic acids is 1. The number of rotatable bonds is 9. The molecular weight excluding hydrogens is 396 g/mol. The smallest absolute Gasteiger partial charge is 0.248 e. The maximum atomic E-state index is 13.1. The molecule has 158 valence electrons. The van der Waals surface area contributed by atoms with Crippen LogP contribution in [0.2, 0.25) is 0 Å². The van der Waals surface area contributed by atoms with Gasteiger partial charge >= 0.3 is 0 Å². The Labute approximate surface area is 171 Å². The summed E-state index contributed by atoms with van der Waals surface area (Å²) >= 11 is 0. The highest BCUT2D eigenvalue weighted by Gasteiger charge is 2.32. The van der Waals surface area contributed by atoms with Gasteiger partial charge in [-0.05, 0) is 42.8 Å².